The molecule has 0 spiro atoms. The molecule has 1 rings (SSSR count). The second kappa shape index (κ2) is 4.87. The lowest BCUT2D eigenvalue weighted by Gasteiger charge is -2.17. The van der Waals surface area contributed by atoms with Gasteiger partial charge in [-0.1, -0.05) is 13.0 Å². The molecule has 0 aliphatic carbocycles. The van der Waals surface area contributed by atoms with Crippen LogP contribution in [0.25, 0.3) is 0 Å². The van der Waals surface area contributed by atoms with Crippen LogP contribution in [0, 0.1) is 11.7 Å². The van der Waals surface area contributed by atoms with Crippen molar-refractivity contribution >= 4 is 15.9 Å². The molecule has 0 bridgehead atoms. The van der Waals surface area contributed by atoms with Crippen LogP contribution in [0.1, 0.15) is 18.6 Å². The van der Waals surface area contributed by atoms with Crippen molar-refractivity contribution in [2.45, 2.75) is 13.0 Å². The molecule has 2 nitrogen and oxygen atoms in total. The van der Waals surface area contributed by atoms with Crippen molar-refractivity contribution in [3.8, 4) is 0 Å². The summed E-state index contributed by atoms with van der Waals surface area (Å²) in [7, 11) is 0. The minimum atomic E-state index is -0.706. The fourth-order valence-corrected chi connectivity index (χ4v) is 1.40. The van der Waals surface area contributed by atoms with Crippen LogP contribution in [-0.2, 0) is 0 Å². The fraction of sp³-hybridized carbons (Fsp3) is 0.400. The molecule has 0 aromatic heterocycles. The summed E-state index contributed by atoms with van der Waals surface area (Å²) in [5, 5.41) is 9.74. The molecule has 0 amide bonds. The minimum absolute atomic E-state index is 0.0735. The Morgan fingerprint density at radius 3 is 2.71 bits per heavy atom. The maximum Gasteiger partial charge on any atom is 0.137 e. The lowest BCUT2D eigenvalue weighted by Crippen LogP contribution is -2.18. The normalized spacial score (nSPS) is 15.2. The van der Waals surface area contributed by atoms with Crippen molar-refractivity contribution in [2.24, 2.45) is 11.7 Å². The number of aliphatic hydroxyl groups excluding tert-OH is 1. The molecule has 1 aromatic carbocycles. The van der Waals surface area contributed by atoms with Crippen LogP contribution in [0.2, 0.25) is 0 Å². The highest BCUT2D eigenvalue weighted by Gasteiger charge is 2.15. The number of aliphatic hydroxyl groups is 1. The molecular formula is C10H13BrFNO. The summed E-state index contributed by atoms with van der Waals surface area (Å²) in [6.45, 7) is 2.20. The number of benzene rings is 1. The van der Waals surface area contributed by atoms with Crippen molar-refractivity contribution in [1.82, 2.24) is 0 Å². The third kappa shape index (κ3) is 2.53. The van der Waals surface area contributed by atoms with Gasteiger partial charge < -0.3 is 10.8 Å². The van der Waals surface area contributed by atoms with Crippen molar-refractivity contribution in [2.75, 3.05) is 6.54 Å². The van der Waals surface area contributed by atoms with Gasteiger partial charge >= 0.3 is 0 Å². The van der Waals surface area contributed by atoms with Gasteiger partial charge in [0.05, 0.1) is 10.6 Å². The van der Waals surface area contributed by atoms with Gasteiger partial charge in [0.25, 0.3) is 0 Å². The van der Waals surface area contributed by atoms with Crippen LogP contribution in [0.15, 0.2) is 22.7 Å². The van der Waals surface area contributed by atoms with Gasteiger partial charge in [-0.05, 0) is 46.1 Å². The van der Waals surface area contributed by atoms with E-state index in [1.165, 1.54) is 6.07 Å². The molecule has 0 saturated carbocycles. The summed E-state index contributed by atoms with van der Waals surface area (Å²) in [5.74, 6) is -0.443. The van der Waals surface area contributed by atoms with E-state index in [1.54, 1.807) is 12.1 Å². The van der Waals surface area contributed by atoms with Crippen molar-refractivity contribution in [1.29, 1.82) is 0 Å². The Balaban J connectivity index is 2.91. The Bertz CT molecular complexity index is 319. The topological polar surface area (TPSA) is 46.2 Å². The van der Waals surface area contributed by atoms with Crippen LogP contribution in [-0.4, -0.2) is 11.7 Å². The van der Waals surface area contributed by atoms with E-state index in [1.807, 2.05) is 6.92 Å². The van der Waals surface area contributed by atoms with E-state index in [-0.39, 0.29) is 11.7 Å². The Kier molecular flexibility index (Phi) is 4.04. The van der Waals surface area contributed by atoms with Gasteiger partial charge in [-0.3, -0.25) is 0 Å². The largest absolute Gasteiger partial charge is 0.388 e. The van der Waals surface area contributed by atoms with E-state index in [4.69, 9.17) is 5.73 Å². The average molecular weight is 262 g/mol. The third-order valence-corrected chi connectivity index (χ3v) is 2.84. The smallest absolute Gasteiger partial charge is 0.137 e. The van der Waals surface area contributed by atoms with E-state index in [2.05, 4.69) is 15.9 Å². The monoisotopic (exact) mass is 261 g/mol. The second-order valence-electron chi connectivity index (χ2n) is 3.33. The molecule has 0 aliphatic rings. The zero-order chi connectivity index (χ0) is 10.7. The molecule has 0 heterocycles. The van der Waals surface area contributed by atoms with Crippen molar-refractivity contribution in [3.05, 3.63) is 34.1 Å². The SMILES string of the molecule is CC(CN)C(O)c1ccc(Br)c(F)c1. The molecular weight excluding hydrogens is 249 g/mol. The molecule has 0 aliphatic heterocycles. The molecule has 2 unspecified atom stereocenters. The number of nitrogens with two attached hydrogens (primary N) is 1. The first kappa shape index (κ1) is 11.6. The third-order valence-electron chi connectivity index (χ3n) is 2.20. The second-order valence-corrected chi connectivity index (χ2v) is 4.19. The number of halogens is 2. The molecule has 0 fully saturated rings. The fourth-order valence-electron chi connectivity index (χ4n) is 1.15. The zero-order valence-electron chi connectivity index (χ0n) is 7.87. The standard InChI is InChI=1S/C10H13BrFNO/c1-6(5-13)10(14)7-2-3-8(11)9(12)4-7/h2-4,6,10,14H,5,13H2,1H3. The first-order valence-corrected chi connectivity index (χ1v) is 5.18. The number of hydrogen-bond donors (Lipinski definition) is 2. The summed E-state index contributed by atoms with van der Waals surface area (Å²) in [6.07, 6.45) is -0.706. The van der Waals surface area contributed by atoms with Crippen molar-refractivity contribution < 1.29 is 9.50 Å². The Hall–Kier alpha value is -0.450. The van der Waals surface area contributed by atoms with Gasteiger partial charge in [-0.2, -0.15) is 0 Å². The zero-order valence-corrected chi connectivity index (χ0v) is 9.46. The highest BCUT2D eigenvalue weighted by molar-refractivity contribution is 9.10. The molecule has 3 N–H and O–H groups in total. The van der Waals surface area contributed by atoms with Crippen LogP contribution >= 0.6 is 15.9 Å². The molecule has 4 heteroatoms. The molecule has 0 saturated heterocycles. The van der Waals surface area contributed by atoms with Crippen LogP contribution in [0.3, 0.4) is 0 Å². The van der Waals surface area contributed by atoms with E-state index < -0.39 is 6.10 Å². The van der Waals surface area contributed by atoms with E-state index in [0.29, 0.717) is 16.6 Å². The summed E-state index contributed by atoms with van der Waals surface area (Å²) in [4.78, 5) is 0. The Morgan fingerprint density at radius 2 is 2.21 bits per heavy atom. The molecule has 14 heavy (non-hydrogen) atoms. The van der Waals surface area contributed by atoms with Crippen molar-refractivity contribution in [3.63, 3.8) is 0 Å². The van der Waals surface area contributed by atoms with Gasteiger partial charge in [-0.25, -0.2) is 4.39 Å². The first-order chi connectivity index (χ1) is 6.56. The number of rotatable bonds is 3. The van der Waals surface area contributed by atoms with Crippen LogP contribution in [0.4, 0.5) is 4.39 Å². The molecule has 2 atom stereocenters. The van der Waals surface area contributed by atoms with Gasteiger partial charge in [0.2, 0.25) is 0 Å². The van der Waals surface area contributed by atoms with Crippen LogP contribution < -0.4 is 5.73 Å². The summed E-state index contributed by atoms with van der Waals surface area (Å²) in [5.41, 5.74) is 5.97. The van der Waals surface area contributed by atoms with E-state index in [0.717, 1.165) is 0 Å². The highest BCUT2D eigenvalue weighted by Crippen LogP contribution is 2.24. The Labute approximate surface area is 91.1 Å². The quantitative estimate of drug-likeness (QED) is 0.877. The lowest BCUT2D eigenvalue weighted by atomic mass is 9.98. The highest BCUT2D eigenvalue weighted by atomic mass is 79.9. The summed E-state index contributed by atoms with van der Waals surface area (Å²) < 4.78 is 13.5. The van der Waals surface area contributed by atoms with Crippen LogP contribution in [0.5, 0.6) is 0 Å². The van der Waals surface area contributed by atoms with Gasteiger partial charge in [0.15, 0.2) is 0 Å². The van der Waals surface area contributed by atoms with Gasteiger partial charge in [-0.15, -0.1) is 0 Å². The average Bonchev–Trinajstić information content (AvgIpc) is 2.20. The molecule has 0 radical (unpaired) electrons. The maximum absolute atomic E-state index is 13.1. The first-order valence-electron chi connectivity index (χ1n) is 4.39. The van der Waals surface area contributed by atoms with Gasteiger partial charge in [0, 0.05) is 0 Å². The van der Waals surface area contributed by atoms with Gasteiger partial charge in [0.1, 0.15) is 5.82 Å². The minimum Gasteiger partial charge on any atom is -0.388 e. The predicted octanol–water partition coefficient (Wildman–Crippen LogP) is 2.22. The predicted molar refractivity (Wildman–Crippen MR) is 57.3 cm³/mol. The lowest BCUT2D eigenvalue weighted by molar-refractivity contribution is 0.121. The molecule has 1 aromatic rings. The van der Waals surface area contributed by atoms with E-state index >= 15 is 0 Å². The van der Waals surface area contributed by atoms with E-state index in [9.17, 15) is 9.50 Å². The summed E-state index contributed by atoms with van der Waals surface area (Å²) in [6, 6.07) is 4.59. The summed E-state index contributed by atoms with van der Waals surface area (Å²) >= 11 is 3.05. The number of hydrogen-bond acceptors (Lipinski definition) is 2. The molecule has 78 valence electrons. The maximum atomic E-state index is 13.1. The Morgan fingerprint density at radius 1 is 1.57 bits per heavy atom.